The first kappa shape index (κ1) is 14.0. The largest absolute Gasteiger partial charge is 0.497 e. The number of hydrogen-bond acceptors (Lipinski definition) is 4. The van der Waals surface area contributed by atoms with Crippen LogP contribution in [0.4, 0.5) is 11.4 Å². The number of hydrogen-bond donors (Lipinski definition) is 2. The van der Waals surface area contributed by atoms with Crippen LogP contribution in [-0.2, 0) is 0 Å². The van der Waals surface area contributed by atoms with E-state index < -0.39 is 0 Å². The van der Waals surface area contributed by atoms with Crippen molar-refractivity contribution in [3.8, 4) is 5.75 Å². The number of nitrogens with one attached hydrogen (secondary N) is 1. The smallest absolute Gasteiger partial charge is 0.291 e. The zero-order valence-corrected chi connectivity index (χ0v) is 12.3. The fraction of sp³-hybridized carbons (Fsp3) is 0.118. The molecule has 5 nitrogen and oxygen atoms in total. The van der Waals surface area contributed by atoms with Crippen LogP contribution in [0.1, 0.15) is 16.1 Å². The first-order valence-electron chi connectivity index (χ1n) is 6.82. The van der Waals surface area contributed by atoms with E-state index in [1.807, 2.05) is 25.1 Å². The number of methoxy groups -OCH3 is 1. The lowest BCUT2D eigenvalue weighted by atomic mass is 10.2. The summed E-state index contributed by atoms with van der Waals surface area (Å²) in [6, 6.07) is 12.6. The van der Waals surface area contributed by atoms with Crippen molar-refractivity contribution in [2.45, 2.75) is 6.92 Å². The maximum absolute atomic E-state index is 12.3. The summed E-state index contributed by atoms with van der Waals surface area (Å²) >= 11 is 0. The molecule has 0 aliphatic carbocycles. The van der Waals surface area contributed by atoms with Crippen LogP contribution >= 0.6 is 0 Å². The molecule has 112 valence electrons. The number of benzene rings is 2. The van der Waals surface area contributed by atoms with Gasteiger partial charge in [-0.3, -0.25) is 4.79 Å². The number of anilines is 2. The average molecular weight is 296 g/mol. The number of fused-ring (bicyclic) bond motifs is 1. The SMILES string of the molecule is COc1ccc2cc(C(=O)Nc3ccc(C)cc3N)oc2c1. The molecule has 3 N–H and O–H groups in total. The summed E-state index contributed by atoms with van der Waals surface area (Å²) in [6.07, 6.45) is 0. The summed E-state index contributed by atoms with van der Waals surface area (Å²) in [5.74, 6) is 0.561. The molecule has 5 heteroatoms. The molecule has 0 saturated carbocycles. The van der Waals surface area contributed by atoms with Gasteiger partial charge in [-0.25, -0.2) is 0 Å². The summed E-state index contributed by atoms with van der Waals surface area (Å²) in [6.45, 7) is 1.94. The maximum Gasteiger partial charge on any atom is 0.291 e. The number of aryl methyl sites for hydroxylation is 1. The van der Waals surface area contributed by atoms with E-state index in [1.165, 1.54) is 0 Å². The van der Waals surface area contributed by atoms with Crippen LogP contribution in [0.5, 0.6) is 5.75 Å². The first-order chi connectivity index (χ1) is 10.6. The van der Waals surface area contributed by atoms with Gasteiger partial charge < -0.3 is 20.2 Å². The van der Waals surface area contributed by atoms with Crippen molar-refractivity contribution in [2.24, 2.45) is 0 Å². The second kappa shape index (κ2) is 5.44. The van der Waals surface area contributed by atoms with Gasteiger partial charge in [-0.2, -0.15) is 0 Å². The van der Waals surface area contributed by atoms with Gasteiger partial charge >= 0.3 is 0 Å². The van der Waals surface area contributed by atoms with E-state index in [9.17, 15) is 4.79 Å². The lowest BCUT2D eigenvalue weighted by Gasteiger charge is -2.07. The number of amides is 1. The van der Waals surface area contributed by atoms with Gasteiger partial charge in [0.25, 0.3) is 5.91 Å². The summed E-state index contributed by atoms with van der Waals surface area (Å²) in [4.78, 5) is 12.3. The Hall–Kier alpha value is -2.95. The van der Waals surface area contributed by atoms with Crippen LogP contribution in [0.2, 0.25) is 0 Å². The Labute approximate surface area is 127 Å². The molecule has 22 heavy (non-hydrogen) atoms. The average Bonchev–Trinajstić information content (AvgIpc) is 2.93. The van der Waals surface area contributed by atoms with E-state index in [1.54, 1.807) is 31.4 Å². The molecule has 1 amide bonds. The molecule has 0 radical (unpaired) electrons. The molecule has 0 spiro atoms. The molecule has 0 saturated heterocycles. The molecule has 2 aromatic carbocycles. The summed E-state index contributed by atoms with van der Waals surface area (Å²) < 4.78 is 10.7. The van der Waals surface area contributed by atoms with Crippen molar-refractivity contribution in [1.29, 1.82) is 0 Å². The molecular weight excluding hydrogens is 280 g/mol. The van der Waals surface area contributed by atoms with Gasteiger partial charge in [0.15, 0.2) is 5.76 Å². The van der Waals surface area contributed by atoms with E-state index in [0.29, 0.717) is 22.7 Å². The topological polar surface area (TPSA) is 77.5 Å². The third-order valence-electron chi connectivity index (χ3n) is 3.41. The van der Waals surface area contributed by atoms with Crippen molar-refractivity contribution in [3.05, 3.63) is 53.8 Å². The molecule has 1 aromatic heterocycles. The molecule has 0 unspecified atom stereocenters. The van der Waals surface area contributed by atoms with Crippen molar-refractivity contribution < 1.29 is 13.9 Å². The fourth-order valence-electron chi connectivity index (χ4n) is 2.23. The van der Waals surface area contributed by atoms with Gasteiger partial charge in [-0.15, -0.1) is 0 Å². The Morgan fingerprint density at radius 1 is 1.18 bits per heavy atom. The summed E-state index contributed by atoms with van der Waals surface area (Å²) in [7, 11) is 1.58. The maximum atomic E-state index is 12.3. The molecule has 3 rings (SSSR count). The molecule has 0 atom stereocenters. The van der Waals surface area contributed by atoms with Crippen LogP contribution in [0, 0.1) is 6.92 Å². The number of furan rings is 1. The normalized spacial score (nSPS) is 10.6. The monoisotopic (exact) mass is 296 g/mol. The van der Waals surface area contributed by atoms with E-state index in [4.69, 9.17) is 14.9 Å². The summed E-state index contributed by atoms with van der Waals surface area (Å²) in [5, 5.41) is 3.59. The third-order valence-corrected chi connectivity index (χ3v) is 3.41. The van der Waals surface area contributed by atoms with Gasteiger partial charge in [0.1, 0.15) is 11.3 Å². The summed E-state index contributed by atoms with van der Waals surface area (Å²) in [5.41, 5.74) is 8.61. The Kier molecular flexibility index (Phi) is 3.47. The standard InChI is InChI=1S/C17H16N2O3/c1-10-3-6-14(13(18)7-10)19-17(20)16-8-11-4-5-12(21-2)9-15(11)22-16/h3-9H,18H2,1-2H3,(H,19,20). The number of rotatable bonds is 3. The minimum atomic E-state index is -0.342. The molecule has 1 heterocycles. The Morgan fingerprint density at radius 2 is 2.00 bits per heavy atom. The van der Waals surface area contributed by atoms with Crippen LogP contribution in [0.25, 0.3) is 11.0 Å². The van der Waals surface area contributed by atoms with E-state index >= 15 is 0 Å². The van der Waals surface area contributed by atoms with Gasteiger partial charge in [0, 0.05) is 11.5 Å². The highest BCUT2D eigenvalue weighted by atomic mass is 16.5. The minimum Gasteiger partial charge on any atom is -0.497 e. The molecular formula is C17H16N2O3. The van der Waals surface area contributed by atoms with Gasteiger partial charge in [-0.1, -0.05) is 6.07 Å². The fourth-order valence-corrected chi connectivity index (χ4v) is 2.23. The van der Waals surface area contributed by atoms with Crippen LogP contribution < -0.4 is 15.8 Å². The number of nitrogens with two attached hydrogens (primary N) is 1. The van der Waals surface area contributed by atoms with Gasteiger partial charge in [0.05, 0.1) is 18.5 Å². The number of nitrogen functional groups attached to an aromatic ring is 1. The molecule has 0 aliphatic heterocycles. The predicted octanol–water partition coefficient (Wildman–Crippen LogP) is 3.58. The predicted molar refractivity (Wildman–Crippen MR) is 86.3 cm³/mol. The Bertz CT molecular complexity index is 852. The van der Waals surface area contributed by atoms with Crippen LogP contribution in [0.15, 0.2) is 46.9 Å². The van der Waals surface area contributed by atoms with Crippen molar-refractivity contribution in [2.75, 3.05) is 18.2 Å². The van der Waals surface area contributed by atoms with E-state index in [-0.39, 0.29) is 11.7 Å². The lowest BCUT2D eigenvalue weighted by Crippen LogP contribution is -2.12. The van der Waals surface area contributed by atoms with Crippen LogP contribution in [0.3, 0.4) is 0 Å². The molecule has 0 bridgehead atoms. The van der Waals surface area contributed by atoms with Gasteiger partial charge in [-0.05, 0) is 42.8 Å². The van der Waals surface area contributed by atoms with Crippen LogP contribution in [-0.4, -0.2) is 13.0 Å². The molecule has 0 aliphatic rings. The van der Waals surface area contributed by atoms with Crippen molar-refractivity contribution in [3.63, 3.8) is 0 Å². The second-order valence-electron chi connectivity index (χ2n) is 5.06. The quantitative estimate of drug-likeness (QED) is 0.724. The zero-order chi connectivity index (χ0) is 15.7. The second-order valence-corrected chi connectivity index (χ2v) is 5.06. The lowest BCUT2D eigenvalue weighted by molar-refractivity contribution is 0.0998. The molecule has 3 aromatic rings. The highest BCUT2D eigenvalue weighted by Crippen LogP contribution is 2.25. The highest BCUT2D eigenvalue weighted by Gasteiger charge is 2.14. The first-order valence-corrected chi connectivity index (χ1v) is 6.82. The Balaban J connectivity index is 1.88. The minimum absolute atomic E-state index is 0.225. The van der Waals surface area contributed by atoms with E-state index in [0.717, 1.165) is 10.9 Å². The molecule has 0 fully saturated rings. The number of carbonyl (C=O) groups excluding carboxylic acids is 1. The van der Waals surface area contributed by atoms with Gasteiger partial charge in [0.2, 0.25) is 0 Å². The van der Waals surface area contributed by atoms with Crippen molar-refractivity contribution >= 4 is 28.3 Å². The number of ether oxygens (including phenoxy) is 1. The highest BCUT2D eigenvalue weighted by molar-refractivity contribution is 6.06. The van der Waals surface area contributed by atoms with E-state index in [2.05, 4.69) is 5.32 Å². The van der Waals surface area contributed by atoms with Crippen molar-refractivity contribution in [1.82, 2.24) is 0 Å². The third kappa shape index (κ3) is 2.61. The zero-order valence-electron chi connectivity index (χ0n) is 12.3. The Morgan fingerprint density at radius 3 is 2.73 bits per heavy atom. The number of carbonyl (C=O) groups is 1.